The number of hydrogen-bond donors (Lipinski definition) is 0. The van der Waals surface area contributed by atoms with E-state index in [2.05, 4.69) is 42.8 Å². The Hall–Kier alpha value is -1.10. The summed E-state index contributed by atoms with van der Waals surface area (Å²) in [6.07, 6.45) is 1.85. The van der Waals surface area contributed by atoms with Gasteiger partial charge in [-0.2, -0.15) is 0 Å². The predicted octanol–water partition coefficient (Wildman–Crippen LogP) is 3.82. The third kappa shape index (κ3) is 3.96. The van der Waals surface area contributed by atoms with Crippen molar-refractivity contribution in [1.82, 2.24) is 9.88 Å². The zero-order valence-electron chi connectivity index (χ0n) is 11.7. The van der Waals surface area contributed by atoms with E-state index in [1.54, 1.807) is 0 Å². The van der Waals surface area contributed by atoms with E-state index < -0.39 is 0 Å². The van der Waals surface area contributed by atoms with E-state index in [1.165, 1.54) is 5.56 Å². The number of pyridine rings is 1. The lowest BCUT2D eigenvalue weighted by molar-refractivity contribution is 0.249. The summed E-state index contributed by atoms with van der Waals surface area (Å²) >= 11 is 9.46. The van der Waals surface area contributed by atoms with Crippen LogP contribution in [0, 0.1) is 0 Å². The largest absolute Gasteiger partial charge is 0.354 e. The van der Waals surface area contributed by atoms with Crippen LogP contribution >= 0.6 is 27.5 Å². The highest BCUT2D eigenvalue weighted by Crippen LogP contribution is 2.18. The molecule has 110 valence electrons. The first-order chi connectivity index (χ1) is 10.2. The summed E-state index contributed by atoms with van der Waals surface area (Å²) in [7, 11) is 0. The smallest absolute Gasteiger partial charge is 0.128 e. The summed E-state index contributed by atoms with van der Waals surface area (Å²) in [5.41, 5.74) is 1.28. The van der Waals surface area contributed by atoms with Gasteiger partial charge in [0, 0.05) is 48.4 Å². The van der Waals surface area contributed by atoms with Crippen molar-refractivity contribution in [3.05, 3.63) is 57.7 Å². The zero-order valence-corrected chi connectivity index (χ0v) is 14.0. The molecule has 3 rings (SSSR count). The van der Waals surface area contributed by atoms with E-state index in [1.807, 2.05) is 30.5 Å². The molecular weight excluding hydrogens is 350 g/mol. The lowest BCUT2D eigenvalue weighted by Crippen LogP contribution is -2.46. The molecule has 0 N–H and O–H groups in total. The number of nitrogens with zero attached hydrogens (tertiary/aromatic N) is 3. The minimum atomic E-state index is 0.810. The molecule has 1 aromatic carbocycles. The average molecular weight is 367 g/mol. The summed E-state index contributed by atoms with van der Waals surface area (Å²) in [6.45, 7) is 5.07. The summed E-state index contributed by atoms with van der Waals surface area (Å²) in [5.74, 6) is 1.06. The minimum Gasteiger partial charge on any atom is -0.354 e. The molecule has 0 radical (unpaired) electrons. The molecule has 3 nitrogen and oxygen atoms in total. The molecule has 21 heavy (non-hydrogen) atoms. The van der Waals surface area contributed by atoms with Crippen LogP contribution in [0.4, 0.5) is 5.82 Å². The topological polar surface area (TPSA) is 19.4 Å². The Morgan fingerprint density at radius 2 is 1.90 bits per heavy atom. The third-order valence-corrected chi connectivity index (χ3v) is 4.41. The van der Waals surface area contributed by atoms with Gasteiger partial charge in [0.1, 0.15) is 5.82 Å². The van der Waals surface area contributed by atoms with Gasteiger partial charge >= 0.3 is 0 Å². The normalized spacial score (nSPS) is 16.2. The van der Waals surface area contributed by atoms with Crippen molar-refractivity contribution >= 4 is 33.3 Å². The first-order valence-electron chi connectivity index (χ1n) is 7.04. The number of piperazine rings is 1. The Morgan fingerprint density at radius 3 is 2.57 bits per heavy atom. The minimum absolute atomic E-state index is 0.810. The van der Waals surface area contributed by atoms with Crippen LogP contribution < -0.4 is 4.90 Å². The highest BCUT2D eigenvalue weighted by molar-refractivity contribution is 9.10. The van der Waals surface area contributed by atoms with Crippen molar-refractivity contribution < 1.29 is 0 Å². The molecule has 0 aliphatic carbocycles. The van der Waals surface area contributed by atoms with Gasteiger partial charge in [-0.25, -0.2) is 4.98 Å². The van der Waals surface area contributed by atoms with Crippen LogP contribution in [0.25, 0.3) is 0 Å². The van der Waals surface area contributed by atoms with E-state index in [9.17, 15) is 0 Å². The fourth-order valence-electron chi connectivity index (χ4n) is 2.58. The number of rotatable bonds is 3. The van der Waals surface area contributed by atoms with Gasteiger partial charge in [-0.05, 0) is 45.8 Å². The Labute approximate surface area is 138 Å². The number of hydrogen-bond acceptors (Lipinski definition) is 3. The second-order valence-corrected chi connectivity index (χ2v) is 6.58. The number of benzene rings is 1. The van der Waals surface area contributed by atoms with Gasteiger partial charge in [0.2, 0.25) is 0 Å². The maximum Gasteiger partial charge on any atom is 0.128 e. The molecule has 0 unspecified atom stereocenters. The van der Waals surface area contributed by atoms with Crippen LogP contribution in [0.1, 0.15) is 5.56 Å². The Bertz CT molecular complexity index is 595. The SMILES string of the molecule is Clc1cccc(CN2CCN(c3ccc(Br)cn3)CC2)c1. The Kier molecular flexibility index (Phi) is 4.78. The Morgan fingerprint density at radius 1 is 1.10 bits per heavy atom. The van der Waals surface area contributed by atoms with E-state index >= 15 is 0 Å². The van der Waals surface area contributed by atoms with Crippen molar-refractivity contribution in [2.75, 3.05) is 31.1 Å². The predicted molar refractivity (Wildman–Crippen MR) is 90.9 cm³/mol. The lowest BCUT2D eigenvalue weighted by atomic mass is 10.2. The summed E-state index contributed by atoms with van der Waals surface area (Å²) in [5, 5.41) is 0.810. The molecule has 1 fully saturated rings. The van der Waals surface area contributed by atoms with Crippen LogP contribution in [0.2, 0.25) is 5.02 Å². The lowest BCUT2D eigenvalue weighted by Gasteiger charge is -2.35. The maximum absolute atomic E-state index is 6.04. The van der Waals surface area contributed by atoms with Crippen molar-refractivity contribution in [1.29, 1.82) is 0 Å². The van der Waals surface area contributed by atoms with Crippen molar-refractivity contribution in [2.24, 2.45) is 0 Å². The van der Waals surface area contributed by atoms with Gasteiger partial charge in [0.15, 0.2) is 0 Å². The van der Waals surface area contributed by atoms with Crippen LogP contribution in [0.5, 0.6) is 0 Å². The Balaban J connectivity index is 1.56. The summed E-state index contributed by atoms with van der Waals surface area (Å²) in [4.78, 5) is 9.26. The molecule has 5 heteroatoms. The monoisotopic (exact) mass is 365 g/mol. The molecule has 0 amide bonds. The van der Waals surface area contributed by atoms with Gasteiger partial charge < -0.3 is 4.90 Å². The van der Waals surface area contributed by atoms with Gasteiger partial charge in [0.25, 0.3) is 0 Å². The van der Waals surface area contributed by atoms with Gasteiger partial charge in [-0.1, -0.05) is 23.7 Å². The van der Waals surface area contributed by atoms with Crippen molar-refractivity contribution in [3.8, 4) is 0 Å². The van der Waals surface area contributed by atoms with Crippen LogP contribution in [0.15, 0.2) is 47.1 Å². The maximum atomic E-state index is 6.04. The molecule has 1 saturated heterocycles. The number of anilines is 1. The second kappa shape index (κ2) is 6.77. The van der Waals surface area contributed by atoms with Gasteiger partial charge in [-0.3, -0.25) is 4.90 Å². The van der Waals surface area contributed by atoms with Gasteiger partial charge in [-0.15, -0.1) is 0 Å². The van der Waals surface area contributed by atoms with Crippen LogP contribution in [0.3, 0.4) is 0 Å². The van der Waals surface area contributed by atoms with Crippen molar-refractivity contribution in [3.63, 3.8) is 0 Å². The molecule has 0 spiro atoms. The standard InChI is InChI=1S/C16H17BrClN3/c17-14-4-5-16(19-11-14)21-8-6-20(7-9-21)12-13-2-1-3-15(18)10-13/h1-5,10-11H,6-9,12H2. The van der Waals surface area contributed by atoms with E-state index in [0.717, 1.165) is 48.0 Å². The molecule has 1 aliphatic heterocycles. The molecule has 0 atom stereocenters. The quantitative estimate of drug-likeness (QED) is 0.823. The van der Waals surface area contributed by atoms with Crippen LogP contribution in [-0.4, -0.2) is 36.1 Å². The van der Waals surface area contributed by atoms with E-state index in [-0.39, 0.29) is 0 Å². The molecule has 1 aliphatic rings. The third-order valence-electron chi connectivity index (χ3n) is 3.70. The zero-order chi connectivity index (χ0) is 14.7. The van der Waals surface area contributed by atoms with Crippen LogP contribution in [-0.2, 0) is 6.54 Å². The summed E-state index contributed by atoms with van der Waals surface area (Å²) < 4.78 is 1.02. The number of aromatic nitrogens is 1. The number of halogens is 2. The van der Waals surface area contributed by atoms with E-state index in [0.29, 0.717) is 0 Å². The molecule has 0 bridgehead atoms. The molecule has 2 aromatic rings. The first-order valence-corrected chi connectivity index (χ1v) is 8.21. The molecule has 0 saturated carbocycles. The summed E-state index contributed by atoms with van der Waals surface area (Å²) in [6, 6.07) is 12.2. The fraction of sp³-hybridized carbons (Fsp3) is 0.312. The van der Waals surface area contributed by atoms with Gasteiger partial charge in [0.05, 0.1) is 0 Å². The highest BCUT2D eigenvalue weighted by atomic mass is 79.9. The molecular formula is C16H17BrClN3. The second-order valence-electron chi connectivity index (χ2n) is 5.23. The average Bonchev–Trinajstić information content (AvgIpc) is 2.49. The van der Waals surface area contributed by atoms with Crippen molar-refractivity contribution in [2.45, 2.75) is 6.54 Å². The highest BCUT2D eigenvalue weighted by Gasteiger charge is 2.18. The molecule has 2 heterocycles. The first kappa shape index (κ1) is 14.8. The molecule has 1 aromatic heterocycles. The van der Waals surface area contributed by atoms with E-state index in [4.69, 9.17) is 11.6 Å². The fourth-order valence-corrected chi connectivity index (χ4v) is 3.03.